The predicted molar refractivity (Wildman–Crippen MR) is 54.0 cm³/mol. The Kier molecular flexibility index (Phi) is 3.79. The maximum absolute atomic E-state index is 9.60. The molecule has 0 saturated carbocycles. The summed E-state index contributed by atoms with van der Waals surface area (Å²) in [6, 6.07) is -0.770. The van der Waals surface area contributed by atoms with E-state index in [9.17, 15) is 10.2 Å². The summed E-state index contributed by atoms with van der Waals surface area (Å²) in [6.45, 7) is 1.44. The van der Waals surface area contributed by atoms with E-state index < -0.39 is 29.3 Å². The van der Waals surface area contributed by atoms with Crippen molar-refractivity contribution in [1.29, 1.82) is 0 Å². The van der Waals surface area contributed by atoms with E-state index in [4.69, 9.17) is 15.6 Å². The molecule has 1 rings (SSSR count). The lowest BCUT2D eigenvalue weighted by Crippen LogP contribution is -2.66. The summed E-state index contributed by atoms with van der Waals surface area (Å²) in [6.07, 6.45) is -2.64. The molecule has 0 spiro atoms. The summed E-state index contributed by atoms with van der Waals surface area (Å²) in [4.78, 5) is -0.994. The van der Waals surface area contributed by atoms with Gasteiger partial charge in [-0.25, -0.2) is 0 Å². The van der Waals surface area contributed by atoms with Gasteiger partial charge in [-0.1, -0.05) is 6.92 Å². The lowest BCUT2D eigenvalue weighted by Gasteiger charge is -2.46. The standard InChI is InChI=1S/C8H17NO4S/c1-2-8(14)7(9)6(12)5(11)4(3-10)13-8/h4-7,10-12,14H,2-3,9H2,1H3/t4-,5+,6+,7-,8?/m1/s1. The highest BCUT2D eigenvalue weighted by molar-refractivity contribution is 7.81. The molecule has 0 aliphatic carbocycles. The van der Waals surface area contributed by atoms with Gasteiger partial charge in [0.1, 0.15) is 23.2 Å². The van der Waals surface area contributed by atoms with Gasteiger partial charge < -0.3 is 25.8 Å². The Hall–Kier alpha value is 0.150. The van der Waals surface area contributed by atoms with Crippen molar-refractivity contribution in [3.8, 4) is 0 Å². The van der Waals surface area contributed by atoms with Gasteiger partial charge in [0.05, 0.1) is 12.6 Å². The van der Waals surface area contributed by atoms with E-state index in [1.165, 1.54) is 0 Å². The van der Waals surface area contributed by atoms with Gasteiger partial charge in [-0.3, -0.25) is 0 Å². The van der Waals surface area contributed by atoms with Gasteiger partial charge in [-0.2, -0.15) is 0 Å². The molecular weight excluding hydrogens is 206 g/mol. The fourth-order valence-corrected chi connectivity index (χ4v) is 1.86. The minimum atomic E-state index is -1.16. The van der Waals surface area contributed by atoms with Crippen LogP contribution in [-0.2, 0) is 4.74 Å². The molecule has 0 bridgehead atoms. The first-order chi connectivity index (χ1) is 6.46. The smallest absolute Gasteiger partial charge is 0.128 e. The van der Waals surface area contributed by atoms with Crippen LogP contribution in [0.5, 0.6) is 0 Å². The van der Waals surface area contributed by atoms with Crippen molar-refractivity contribution in [2.75, 3.05) is 6.61 Å². The average Bonchev–Trinajstić information content (AvgIpc) is 2.20. The number of hydrogen-bond acceptors (Lipinski definition) is 6. The topological polar surface area (TPSA) is 95.9 Å². The fourth-order valence-electron chi connectivity index (χ4n) is 1.57. The zero-order valence-electron chi connectivity index (χ0n) is 8.00. The maximum Gasteiger partial charge on any atom is 0.128 e. The van der Waals surface area contributed by atoms with Crippen LogP contribution in [0.2, 0.25) is 0 Å². The molecule has 1 heterocycles. The molecule has 1 aliphatic rings. The molecular formula is C8H17NO4S. The molecule has 0 aromatic carbocycles. The van der Waals surface area contributed by atoms with E-state index >= 15 is 0 Å². The Morgan fingerprint density at radius 3 is 2.43 bits per heavy atom. The average molecular weight is 223 g/mol. The zero-order valence-corrected chi connectivity index (χ0v) is 8.89. The second-order valence-electron chi connectivity index (χ2n) is 3.54. The minimum Gasteiger partial charge on any atom is -0.394 e. The van der Waals surface area contributed by atoms with Crippen LogP contribution in [0.25, 0.3) is 0 Å². The molecule has 0 aromatic heterocycles. The number of thiol groups is 1. The zero-order chi connectivity index (χ0) is 10.9. The molecule has 0 radical (unpaired) electrons. The number of aliphatic hydroxyl groups excluding tert-OH is 3. The molecule has 1 unspecified atom stereocenters. The van der Waals surface area contributed by atoms with Crippen LogP contribution in [-0.4, -0.2) is 51.2 Å². The van der Waals surface area contributed by atoms with Crippen molar-refractivity contribution in [2.45, 2.75) is 42.6 Å². The molecule has 14 heavy (non-hydrogen) atoms. The van der Waals surface area contributed by atoms with E-state index in [0.29, 0.717) is 6.42 Å². The number of hydrogen-bond donors (Lipinski definition) is 5. The van der Waals surface area contributed by atoms with E-state index in [2.05, 4.69) is 12.6 Å². The lowest BCUT2D eigenvalue weighted by molar-refractivity contribution is -0.201. The van der Waals surface area contributed by atoms with Gasteiger partial charge in [0.25, 0.3) is 0 Å². The molecule has 1 saturated heterocycles. The second kappa shape index (κ2) is 4.34. The first kappa shape index (κ1) is 12.2. The summed E-state index contributed by atoms with van der Waals surface area (Å²) >= 11 is 4.23. The van der Waals surface area contributed by atoms with E-state index in [0.717, 1.165) is 0 Å². The van der Waals surface area contributed by atoms with Gasteiger partial charge in [0.2, 0.25) is 0 Å². The van der Waals surface area contributed by atoms with Crippen LogP contribution in [0.15, 0.2) is 0 Å². The summed E-state index contributed by atoms with van der Waals surface area (Å²) < 4.78 is 5.35. The monoisotopic (exact) mass is 223 g/mol. The van der Waals surface area contributed by atoms with Crippen molar-refractivity contribution >= 4 is 12.6 Å². The molecule has 1 fully saturated rings. The number of nitrogens with two attached hydrogens (primary N) is 1. The molecule has 6 heteroatoms. The first-order valence-electron chi connectivity index (χ1n) is 4.59. The molecule has 5 atom stereocenters. The van der Waals surface area contributed by atoms with Crippen molar-refractivity contribution in [2.24, 2.45) is 5.73 Å². The van der Waals surface area contributed by atoms with Crippen LogP contribution in [0.1, 0.15) is 13.3 Å². The largest absolute Gasteiger partial charge is 0.394 e. The van der Waals surface area contributed by atoms with E-state index in [1.54, 1.807) is 0 Å². The highest BCUT2D eigenvalue weighted by atomic mass is 32.1. The van der Waals surface area contributed by atoms with Crippen molar-refractivity contribution in [3.63, 3.8) is 0 Å². The third kappa shape index (κ3) is 1.91. The van der Waals surface area contributed by atoms with E-state index in [-0.39, 0.29) is 6.61 Å². The van der Waals surface area contributed by atoms with Crippen molar-refractivity contribution in [3.05, 3.63) is 0 Å². The third-order valence-electron chi connectivity index (χ3n) is 2.66. The van der Waals surface area contributed by atoms with Gasteiger partial charge in [-0.15, -0.1) is 12.6 Å². The highest BCUT2D eigenvalue weighted by Gasteiger charge is 2.49. The van der Waals surface area contributed by atoms with Gasteiger partial charge in [-0.05, 0) is 6.42 Å². The lowest BCUT2D eigenvalue weighted by atomic mass is 9.92. The SMILES string of the molecule is CCC1(S)O[C@H](CO)[C@H](O)[C@H](O)[C@H]1N. The number of rotatable bonds is 2. The van der Waals surface area contributed by atoms with Crippen molar-refractivity contribution in [1.82, 2.24) is 0 Å². The summed E-state index contributed by atoms with van der Waals surface area (Å²) in [7, 11) is 0. The fraction of sp³-hybridized carbons (Fsp3) is 1.00. The predicted octanol–water partition coefficient (Wildman–Crippen LogP) is -1.54. The van der Waals surface area contributed by atoms with Gasteiger partial charge in [0, 0.05) is 0 Å². The Labute approximate surface area is 88.3 Å². The summed E-state index contributed by atoms with van der Waals surface area (Å²) in [5.74, 6) is 0. The Balaban J connectivity index is 2.84. The normalized spacial score (nSPS) is 49.3. The Bertz CT molecular complexity index is 204. The van der Waals surface area contributed by atoms with Crippen LogP contribution in [0.3, 0.4) is 0 Å². The van der Waals surface area contributed by atoms with Crippen molar-refractivity contribution < 1.29 is 20.1 Å². The quantitative estimate of drug-likeness (QED) is 0.366. The Morgan fingerprint density at radius 1 is 1.43 bits per heavy atom. The summed E-state index contributed by atoms with van der Waals surface area (Å²) in [5, 5.41) is 28.0. The molecule has 5 N–H and O–H groups in total. The minimum absolute atomic E-state index is 0.368. The molecule has 1 aliphatic heterocycles. The number of ether oxygens (including phenoxy) is 1. The van der Waals surface area contributed by atoms with Gasteiger partial charge in [0.15, 0.2) is 0 Å². The molecule has 0 aromatic rings. The van der Waals surface area contributed by atoms with E-state index in [1.807, 2.05) is 6.92 Å². The molecule has 5 nitrogen and oxygen atoms in total. The first-order valence-corrected chi connectivity index (χ1v) is 5.03. The highest BCUT2D eigenvalue weighted by Crippen LogP contribution is 2.34. The van der Waals surface area contributed by atoms with Crippen LogP contribution in [0, 0.1) is 0 Å². The molecule has 0 amide bonds. The third-order valence-corrected chi connectivity index (χ3v) is 3.38. The van der Waals surface area contributed by atoms with Gasteiger partial charge >= 0.3 is 0 Å². The van der Waals surface area contributed by atoms with Crippen LogP contribution >= 0.6 is 12.6 Å². The van der Waals surface area contributed by atoms with Crippen LogP contribution in [0.4, 0.5) is 0 Å². The molecule has 84 valence electrons. The summed E-state index contributed by atoms with van der Waals surface area (Å²) in [5.41, 5.74) is 5.68. The second-order valence-corrected chi connectivity index (χ2v) is 4.30. The number of aliphatic hydroxyl groups is 3. The van der Waals surface area contributed by atoms with Crippen LogP contribution < -0.4 is 5.73 Å². The maximum atomic E-state index is 9.60. The Morgan fingerprint density at radius 2 is 2.00 bits per heavy atom.